The van der Waals surface area contributed by atoms with E-state index in [2.05, 4.69) is 6.07 Å². The van der Waals surface area contributed by atoms with E-state index in [0.717, 1.165) is 10.8 Å². The first-order valence-electron chi connectivity index (χ1n) is 6.96. The number of nitriles is 1. The highest BCUT2D eigenvalue weighted by atomic mass is 32.2. The summed E-state index contributed by atoms with van der Waals surface area (Å²) in [5.41, 5.74) is 1.23. The van der Waals surface area contributed by atoms with Crippen molar-refractivity contribution in [2.45, 2.75) is 5.75 Å². The van der Waals surface area contributed by atoms with Crippen molar-refractivity contribution in [2.75, 3.05) is 0 Å². The van der Waals surface area contributed by atoms with Crippen LogP contribution in [0.5, 0.6) is 5.75 Å². The lowest BCUT2D eigenvalue weighted by molar-refractivity contribution is 0.485. The number of hydrogen-bond acceptors (Lipinski definition) is 4. The molecule has 0 unspecified atom stereocenters. The van der Waals surface area contributed by atoms with E-state index in [1.165, 1.54) is 0 Å². The van der Waals surface area contributed by atoms with Gasteiger partial charge < -0.3 is 4.18 Å². The van der Waals surface area contributed by atoms with Crippen LogP contribution >= 0.6 is 0 Å². The smallest absolute Gasteiger partial charge is 0.313 e. The maximum absolute atomic E-state index is 12.1. The molecule has 0 saturated carbocycles. The van der Waals surface area contributed by atoms with Gasteiger partial charge in [-0.3, -0.25) is 0 Å². The minimum atomic E-state index is -3.72. The molecule has 0 spiro atoms. The van der Waals surface area contributed by atoms with Crippen molar-refractivity contribution < 1.29 is 12.6 Å². The molecule has 23 heavy (non-hydrogen) atoms. The fraction of sp³-hybridized carbons (Fsp3) is 0.0556. The quantitative estimate of drug-likeness (QED) is 0.688. The molecular weight excluding hydrogens is 310 g/mol. The van der Waals surface area contributed by atoms with Crippen LogP contribution in [0, 0.1) is 11.3 Å². The second-order valence-corrected chi connectivity index (χ2v) is 6.68. The first kappa shape index (κ1) is 15.1. The van der Waals surface area contributed by atoms with Gasteiger partial charge >= 0.3 is 10.1 Å². The summed E-state index contributed by atoms with van der Waals surface area (Å²) in [6.07, 6.45) is 0. The van der Waals surface area contributed by atoms with Gasteiger partial charge in [-0.25, -0.2) is 0 Å². The van der Waals surface area contributed by atoms with Crippen molar-refractivity contribution in [3.8, 4) is 11.8 Å². The maximum atomic E-state index is 12.1. The van der Waals surface area contributed by atoms with Gasteiger partial charge in [-0.1, -0.05) is 42.5 Å². The molecule has 0 heterocycles. The molecule has 0 N–H and O–H groups in total. The lowest BCUT2D eigenvalue weighted by atomic mass is 10.1. The second kappa shape index (κ2) is 6.11. The average Bonchev–Trinajstić information content (AvgIpc) is 2.54. The zero-order valence-corrected chi connectivity index (χ0v) is 13.0. The Morgan fingerprint density at radius 3 is 2.35 bits per heavy atom. The molecule has 3 aromatic rings. The molecule has 0 amide bonds. The van der Waals surface area contributed by atoms with E-state index < -0.39 is 10.1 Å². The summed E-state index contributed by atoms with van der Waals surface area (Å²) < 4.78 is 29.5. The predicted molar refractivity (Wildman–Crippen MR) is 88.4 cm³/mol. The van der Waals surface area contributed by atoms with Gasteiger partial charge in [-0.2, -0.15) is 13.7 Å². The summed E-state index contributed by atoms with van der Waals surface area (Å²) in [6.45, 7) is 0. The van der Waals surface area contributed by atoms with Crippen LogP contribution in [-0.4, -0.2) is 8.42 Å². The van der Waals surface area contributed by atoms with Gasteiger partial charge in [0.25, 0.3) is 0 Å². The number of benzene rings is 3. The first-order valence-corrected chi connectivity index (χ1v) is 8.53. The molecule has 0 aliphatic rings. The Morgan fingerprint density at radius 2 is 1.61 bits per heavy atom. The van der Waals surface area contributed by atoms with Crippen LogP contribution < -0.4 is 4.18 Å². The Morgan fingerprint density at radius 1 is 0.913 bits per heavy atom. The summed E-state index contributed by atoms with van der Waals surface area (Å²) in [6, 6.07) is 21.1. The zero-order valence-electron chi connectivity index (χ0n) is 12.1. The molecule has 0 aliphatic carbocycles. The van der Waals surface area contributed by atoms with Crippen LogP contribution in [-0.2, 0) is 15.9 Å². The van der Waals surface area contributed by atoms with Gasteiger partial charge in [0.2, 0.25) is 0 Å². The summed E-state index contributed by atoms with van der Waals surface area (Å²) >= 11 is 0. The van der Waals surface area contributed by atoms with Gasteiger partial charge in [0.05, 0.1) is 11.6 Å². The fourth-order valence-electron chi connectivity index (χ4n) is 2.30. The van der Waals surface area contributed by atoms with E-state index in [1.807, 2.05) is 6.07 Å². The summed E-state index contributed by atoms with van der Waals surface area (Å²) in [7, 11) is -3.72. The SMILES string of the molecule is N#Cc1ccc2cc(OS(=O)(=O)Cc3ccccc3)ccc2c1. The van der Waals surface area contributed by atoms with E-state index in [-0.39, 0.29) is 11.5 Å². The van der Waals surface area contributed by atoms with Crippen LogP contribution in [0.2, 0.25) is 0 Å². The van der Waals surface area contributed by atoms with E-state index in [9.17, 15) is 8.42 Å². The lowest BCUT2D eigenvalue weighted by Crippen LogP contribution is -2.12. The normalized spacial score (nSPS) is 11.1. The van der Waals surface area contributed by atoms with Crippen LogP contribution in [0.15, 0.2) is 66.7 Å². The van der Waals surface area contributed by atoms with Gasteiger partial charge in [-0.15, -0.1) is 0 Å². The molecule has 3 aromatic carbocycles. The van der Waals surface area contributed by atoms with Gasteiger partial charge in [0.1, 0.15) is 11.5 Å². The lowest BCUT2D eigenvalue weighted by Gasteiger charge is -2.08. The van der Waals surface area contributed by atoms with E-state index in [1.54, 1.807) is 60.7 Å². The highest BCUT2D eigenvalue weighted by Gasteiger charge is 2.14. The van der Waals surface area contributed by atoms with Crippen molar-refractivity contribution in [3.05, 3.63) is 77.9 Å². The van der Waals surface area contributed by atoms with Crippen LogP contribution in [0.1, 0.15) is 11.1 Å². The fourth-order valence-corrected chi connectivity index (χ4v) is 3.36. The molecule has 0 aliphatic heterocycles. The molecular formula is C18H13NO3S. The van der Waals surface area contributed by atoms with E-state index in [4.69, 9.17) is 9.44 Å². The van der Waals surface area contributed by atoms with Crippen molar-refractivity contribution in [2.24, 2.45) is 0 Å². The van der Waals surface area contributed by atoms with E-state index in [0.29, 0.717) is 11.1 Å². The molecule has 0 fully saturated rings. The Hall–Kier alpha value is -2.84. The average molecular weight is 323 g/mol. The predicted octanol–water partition coefficient (Wildman–Crippen LogP) is 3.62. The molecule has 114 valence electrons. The minimum absolute atomic E-state index is 0.181. The zero-order chi connectivity index (χ0) is 16.3. The number of rotatable bonds is 4. The summed E-state index contributed by atoms with van der Waals surface area (Å²) in [5.74, 6) is 0.0809. The van der Waals surface area contributed by atoms with Gasteiger partial charge in [0, 0.05) is 0 Å². The highest BCUT2D eigenvalue weighted by molar-refractivity contribution is 7.86. The highest BCUT2D eigenvalue weighted by Crippen LogP contribution is 2.23. The largest absolute Gasteiger partial charge is 0.382 e. The third-order valence-corrected chi connectivity index (χ3v) is 4.48. The molecule has 0 bridgehead atoms. The van der Waals surface area contributed by atoms with Crippen LogP contribution in [0.4, 0.5) is 0 Å². The monoisotopic (exact) mass is 323 g/mol. The molecule has 0 atom stereocenters. The molecule has 0 aromatic heterocycles. The number of nitrogens with zero attached hydrogens (tertiary/aromatic N) is 1. The maximum Gasteiger partial charge on any atom is 0.313 e. The minimum Gasteiger partial charge on any atom is -0.382 e. The molecule has 5 heteroatoms. The van der Waals surface area contributed by atoms with Crippen molar-refractivity contribution in [1.82, 2.24) is 0 Å². The number of fused-ring (bicyclic) bond motifs is 1. The Bertz CT molecular complexity index is 990. The van der Waals surface area contributed by atoms with E-state index >= 15 is 0 Å². The second-order valence-electron chi connectivity index (χ2n) is 5.11. The Balaban J connectivity index is 1.85. The molecule has 0 saturated heterocycles. The van der Waals surface area contributed by atoms with Crippen molar-refractivity contribution in [1.29, 1.82) is 5.26 Å². The van der Waals surface area contributed by atoms with Crippen LogP contribution in [0.3, 0.4) is 0 Å². The van der Waals surface area contributed by atoms with Crippen LogP contribution in [0.25, 0.3) is 10.8 Å². The molecule has 4 nitrogen and oxygen atoms in total. The third kappa shape index (κ3) is 3.68. The Labute approximate surface area is 134 Å². The summed E-state index contributed by atoms with van der Waals surface area (Å²) in [4.78, 5) is 0. The van der Waals surface area contributed by atoms with Gasteiger partial charge in [-0.05, 0) is 40.6 Å². The molecule has 3 rings (SSSR count). The van der Waals surface area contributed by atoms with Crippen molar-refractivity contribution in [3.63, 3.8) is 0 Å². The Kier molecular flexibility index (Phi) is 4.00. The van der Waals surface area contributed by atoms with Crippen molar-refractivity contribution >= 4 is 20.9 Å². The summed E-state index contributed by atoms with van der Waals surface area (Å²) in [5, 5.41) is 10.6. The third-order valence-electron chi connectivity index (χ3n) is 3.35. The first-order chi connectivity index (χ1) is 11.1. The molecule has 0 radical (unpaired) electrons. The topological polar surface area (TPSA) is 67.2 Å². The standard InChI is InChI=1S/C18H13NO3S/c19-12-15-6-7-17-11-18(9-8-16(17)10-15)22-23(20,21)13-14-4-2-1-3-5-14/h1-11H,13H2. The van der Waals surface area contributed by atoms with Gasteiger partial charge in [0.15, 0.2) is 0 Å². The number of hydrogen-bond donors (Lipinski definition) is 0.